The number of allylic oxidation sites excluding steroid dienone is 1. The van der Waals surface area contributed by atoms with Gasteiger partial charge in [-0.05, 0) is 5.41 Å². The summed E-state index contributed by atoms with van der Waals surface area (Å²) in [7, 11) is 0. The molecule has 0 aliphatic heterocycles. The van der Waals surface area contributed by atoms with Crippen LogP contribution in [0.25, 0.3) is 0 Å². The molecule has 0 bridgehead atoms. The monoisotopic (exact) mass is 155 g/mol. The van der Waals surface area contributed by atoms with Gasteiger partial charge in [-0.3, -0.25) is 0 Å². The average Bonchev–Trinajstić information content (AvgIpc) is 1.78. The molecule has 1 heteroatoms. The Hall–Kier alpha value is -0.300. The van der Waals surface area contributed by atoms with E-state index < -0.39 is 0 Å². The molecule has 0 aromatic carbocycles. The molecule has 0 atom stereocenters. The van der Waals surface area contributed by atoms with Gasteiger partial charge < -0.3 is 5.32 Å². The van der Waals surface area contributed by atoms with Crippen LogP contribution in [-0.2, 0) is 0 Å². The maximum absolute atomic E-state index is 3.33. The second-order valence-corrected chi connectivity index (χ2v) is 4.33. The molecule has 0 aliphatic carbocycles. The maximum atomic E-state index is 3.33. The minimum atomic E-state index is 0.318. The van der Waals surface area contributed by atoms with Crippen molar-refractivity contribution in [3.8, 4) is 0 Å². The normalized spacial score (nSPS) is 13.3. The summed E-state index contributed by atoms with van der Waals surface area (Å²) in [5, 5.41) is 3.33. The molecule has 0 saturated carbocycles. The van der Waals surface area contributed by atoms with Gasteiger partial charge in [0.2, 0.25) is 0 Å². The van der Waals surface area contributed by atoms with Gasteiger partial charge in [-0.2, -0.15) is 0 Å². The Morgan fingerprint density at radius 1 is 1.27 bits per heavy atom. The van der Waals surface area contributed by atoms with E-state index in [0.29, 0.717) is 11.5 Å². The molecule has 1 N–H and O–H groups in total. The van der Waals surface area contributed by atoms with E-state index in [1.54, 1.807) is 0 Å². The molecule has 0 unspecified atom stereocenters. The lowest BCUT2D eigenvalue weighted by molar-refractivity contribution is 0.539. The molecule has 0 fully saturated rings. The first-order chi connectivity index (χ1) is 4.92. The fraction of sp³-hybridized carbons (Fsp3) is 0.800. The third-order valence-corrected chi connectivity index (χ3v) is 1.26. The van der Waals surface area contributed by atoms with Crippen molar-refractivity contribution >= 4 is 0 Å². The van der Waals surface area contributed by atoms with E-state index in [1.165, 1.54) is 0 Å². The van der Waals surface area contributed by atoms with E-state index in [4.69, 9.17) is 0 Å². The van der Waals surface area contributed by atoms with Crippen molar-refractivity contribution in [1.82, 2.24) is 5.32 Å². The van der Waals surface area contributed by atoms with Crippen molar-refractivity contribution in [3.63, 3.8) is 0 Å². The highest BCUT2D eigenvalue weighted by Gasteiger charge is 2.02. The summed E-state index contributed by atoms with van der Waals surface area (Å²) in [6.45, 7) is 11.9. The standard InChI is InChI=1S/C10H21N/c1-9(2)11-8-6-7-10(3,4)5/h6-7,9,11H,8H2,1-5H3/b7-6-. The van der Waals surface area contributed by atoms with Crippen LogP contribution in [0.2, 0.25) is 0 Å². The number of hydrogen-bond acceptors (Lipinski definition) is 1. The van der Waals surface area contributed by atoms with Crippen molar-refractivity contribution in [2.45, 2.75) is 40.7 Å². The molecule has 0 amide bonds. The Kier molecular flexibility index (Phi) is 4.43. The highest BCUT2D eigenvalue weighted by Crippen LogP contribution is 2.13. The number of rotatable bonds is 3. The smallest absolute Gasteiger partial charge is 0.0137 e. The summed E-state index contributed by atoms with van der Waals surface area (Å²) < 4.78 is 0. The Balaban J connectivity index is 3.46. The molecule has 0 saturated heterocycles. The van der Waals surface area contributed by atoms with Crippen molar-refractivity contribution in [2.75, 3.05) is 6.54 Å². The van der Waals surface area contributed by atoms with Crippen LogP contribution in [0.15, 0.2) is 12.2 Å². The fourth-order valence-electron chi connectivity index (χ4n) is 0.716. The topological polar surface area (TPSA) is 12.0 Å². The lowest BCUT2D eigenvalue weighted by atomic mass is 9.96. The van der Waals surface area contributed by atoms with E-state index >= 15 is 0 Å². The molecule has 0 rings (SSSR count). The van der Waals surface area contributed by atoms with Gasteiger partial charge in [0.05, 0.1) is 0 Å². The first-order valence-electron chi connectivity index (χ1n) is 4.33. The number of nitrogens with one attached hydrogen (secondary N) is 1. The van der Waals surface area contributed by atoms with E-state index in [0.717, 1.165) is 6.54 Å². The molecule has 0 aromatic heterocycles. The third-order valence-electron chi connectivity index (χ3n) is 1.26. The summed E-state index contributed by atoms with van der Waals surface area (Å²) in [6, 6.07) is 0.583. The van der Waals surface area contributed by atoms with E-state index in [1.807, 2.05) is 0 Å². The van der Waals surface area contributed by atoms with Crippen LogP contribution < -0.4 is 5.32 Å². The Morgan fingerprint density at radius 2 is 1.82 bits per heavy atom. The maximum Gasteiger partial charge on any atom is 0.0137 e. The predicted molar refractivity (Wildman–Crippen MR) is 51.7 cm³/mol. The zero-order valence-electron chi connectivity index (χ0n) is 8.44. The van der Waals surface area contributed by atoms with Crippen LogP contribution in [0.1, 0.15) is 34.6 Å². The molecule has 0 radical (unpaired) electrons. The Morgan fingerprint density at radius 3 is 2.18 bits per heavy atom. The summed E-state index contributed by atoms with van der Waals surface area (Å²) in [5.74, 6) is 0. The van der Waals surface area contributed by atoms with Crippen LogP contribution >= 0.6 is 0 Å². The van der Waals surface area contributed by atoms with Gasteiger partial charge in [0.15, 0.2) is 0 Å². The first-order valence-corrected chi connectivity index (χ1v) is 4.33. The van der Waals surface area contributed by atoms with Crippen LogP contribution in [0.5, 0.6) is 0 Å². The minimum Gasteiger partial charge on any atom is -0.311 e. The van der Waals surface area contributed by atoms with Crippen molar-refractivity contribution < 1.29 is 0 Å². The third kappa shape index (κ3) is 9.70. The molecular formula is C10H21N. The molecule has 0 aromatic rings. The zero-order valence-corrected chi connectivity index (χ0v) is 8.44. The molecule has 11 heavy (non-hydrogen) atoms. The van der Waals surface area contributed by atoms with Gasteiger partial charge >= 0.3 is 0 Å². The molecule has 0 heterocycles. The van der Waals surface area contributed by atoms with E-state index in [-0.39, 0.29) is 0 Å². The second kappa shape index (κ2) is 4.55. The van der Waals surface area contributed by atoms with E-state index in [9.17, 15) is 0 Å². The molecular weight excluding hydrogens is 134 g/mol. The van der Waals surface area contributed by atoms with Crippen LogP contribution in [-0.4, -0.2) is 12.6 Å². The lowest BCUT2D eigenvalue weighted by Crippen LogP contribution is -2.22. The van der Waals surface area contributed by atoms with Crippen molar-refractivity contribution in [2.24, 2.45) is 5.41 Å². The van der Waals surface area contributed by atoms with Gasteiger partial charge in [-0.15, -0.1) is 0 Å². The highest BCUT2D eigenvalue weighted by atomic mass is 14.9. The molecule has 1 nitrogen and oxygen atoms in total. The van der Waals surface area contributed by atoms with Crippen molar-refractivity contribution in [1.29, 1.82) is 0 Å². The Bertz CT molecular complexity index is 117. The van der Waals surface area contributed by atoms with Gasteiger partial charge in [0.1, 0.15) is 0 Å². The van der Waals surface area contributed by atoms with Gasteiger partial charge in [0.25, 0.3) is 0 Å². The SMILES string of the molecule is CC(C)NC/C=C\C(C)(C)C. The molecule has 0 spiro atoms. The van der Waals surface area contributed by atoms with Crippen LogP contribution in [0.3, 0.4) is 0 Å². The quantitative estimate of drug-likeness (QED) is 0.618. The summed E-state index contributed by atoms with van der Waals surface area (Å²) >= 11 is 0. The minimum absolute atomic E-state index is 0.318. The largest absolute Gasteiger partial charge is 0.311 e. The summed E-state index contributed by atoms with van der Waals surface area (Å²) in [4.78, 5) is 0. The second-order valence-electron chi connectivity index (χ2n) is 4.33. The predicted octanol–water partition coefficient (Wildman–Crippen LogP) is 2.59. The van der Waals surface area contributed by atoms with Gasteiger partial charge in [-0.1, -0.05) is 46.8 Å². The highest BCUT2D eigenvalue weighted by molar-refractivity contribution is 4.93. The molecule has 0 aliphatic rings. The Labute approximate surface area is 70.9 Å². The zero-order chi connectivity index (χ0) is 8.91. The lowest BCUT2D eigenvalue weighted by Gasteiger charge is -2.11. The van der Waals surface area contributed by atoms with Gasteiger partial charge in [0, 0.05) is 12.6 Å². The first kappa shape index (κ1) is 10.7. The molecule has 66 valence electrons. The summed E-state index contributed by atoms with van der Waals surface area (Å²) in [6.07, 6.45) is 4.43. The average molecular weight is 155 g/mol. The van der Waals surface area contributed by atoms with Crippen molar-refractivity contribution in [3.05, 3.63) is 12.2 Å². The fourth-order valence-corrected chi connectivity index (χ4v) is 0.716. The summed E-state index contributed by atoms with van der Waals surface area (Å²) in [5.41, 5.74) is 0.318. The van der Waals surface area contributed by atoms with E-state index in [2.05, 4.69) is 52.1 Å². The van der Waals surface area contributed by atoms with Crippen LogP contribution in [0.4, 0.5) is 0 Å². The number of hydrogen-bond donors (Lipinski definition) is 1. The van der Waals surface area contributed by atoms with Crippen LogP contribution in [0, 0.1) is 5.41 Å². The van der Waals surface area contributed by atoms with Gasteiger partial charge in [-0.25, -0.2) is 0 Å².